The van der Waals surface area contributed by atoms with Gasteiger partial charge in [0.25, 0.3) is 0 Å². The second-order valence-corrected chi connectivity index (χ2v) is 0. The molecule has 15 N–H and O–H groups in total. The van der Waals surface area contributed by atoms with Gasteiger partial charge in [-0.25, -0.2) is 0 Å². The van der Waals surface area contributed by atoms with Crippen molar-refractivity contribution in [1.29, 1.82) is 0 Å². The third-order valence-electron chi connectivity index (χ3n) is 0. The molecule has 6 heteroatoms. The molecule has 48 valence electrons. The maximum Gasteiger partial charge on any atom is -0.197 e. The number of rotatable bonds is 0. The van der Waals surface area contributed by atoms with Crippen molar-refractivity contribution in [2.24, 2.45) is 0 Å². The highest BCUT2D eigenvalue weighted by molar-refractivity contribution is 7.59. The van der Waals surface area contributed by atoms with Gasteiger partial charge in [0, 0.05) is 0 Å². The Hall–Kier alpha value is 0.150. The van der Waals surface area contributed by atoms with Crippen molar-refractivity contribution in [2.45, 2.75) is 0 Å². The molecule has 0 aromatic carbocycles. The highest BCUT2D eigenvalue weighted by atomic mass is 32.1. The Morgan fingerprint density at radius 3 is 0.333 bits per heavy atom. The summed E-state index contributed by atoms with van der Waals surface area (Å²) in [7, 11) is 0. The molecule has 0 spiro atoms. The van der Waals surface area contributed by atoms with E-state index in [1.165, 1.54) is 0 Å². The van der Waals surface area contributed by atoms with Crippen LogP contribution < -0.4 is 30.8 Å². The molecule has 0 aromatic rings. The van der Waals surface area contributed by atoms with Crippen LogP contribution in [0.15, 0.2) is 0 Å². The van der Waals surface area contributed by atoms with E-state index in [-0.39, 0.29) is 44.2 Å². The predicted octanol–water partition coefficient (Wildman–Crippen LogP) is 0.923. The molecule has 0 aliphatic carbocycles. The largest absolute Gasteiger partial charge is 0.344 e. The molecule has 0 fully saturated rings. The third-order valence-corrected chi connectivity index (χ3v) is 0. The Bertz CT molecular complexity index is 3.90. The van der Waals surface area contributed by atoms with E-state index in [0.29, 0.717) is 0 Å². The van der Waals surface area contributed by atoms with Crippen molar-refractivity contribution in [1.82, 2.24) is 30.8 Å². The fourth-order valence-electron chi connectivity index (χ4n) is 0. The van der Waals surface area contributed by atoms with Gasteiger partial charge in [-0.3, -0.25) is 0 Å². The van der Waals surface area contributed by atoms with E-state index in [4.69, 9.17) is 0 Å². The van der Waals surface area contributed by atoms with E-state index in [2.05, 4.69) is 0 Å². The van der Waals surface area contributed by atoms with Crippen LogP contribution in [0.25, 0.3) is 0 Å². The Morgan fingerprint density at radius 1 is 0.333 bits per heavy atom. The number of hydrogen-bond acceptors (Lipinski definition) is 5. The van der Waals surface area contributed by atoms with Crippen LogP contribution in [0.5, 0.6) is 0 Å². The average Bonchev–Trinajstić information content (AvgIpc) is 0. The number of hydrogen-bond donors (Lipinski definition) is 5. The highest BCUT2D eigenvalue weighted by Crippen LogP contribution is 0.648. The molecular formula is H17N5S. The van der Waals surface area contributed by atoms with Crippen LogP contribution in [0.4, 0.5) is 0 Å². The zero-order valence-corrected chi connectivity index (χ0v) is 5.04. The van der Waals surface area contributed by atoms with Gasteiger partial charge >= 0.3 is 0 Å². The molecule has 6 heavy (non-hydrogen) atoms. The van der Waals surface area contributed by atoms with Crippen LogP contribution in [-0.4, -0.2) is 0 Å². The Kier molecular flexibility index (Phi) is 4760000. The highest BCUT2D eigenvalue weighted by Gasteiger charge is -0.197. The van der Waals surface area contributed by atoms with Gasteiger partial charge in [0.05, 0.1) is 0 Å². The summed E-state index contributed by atoms with van der Waals surface area (Å²) < 4.78 is 0. The van der Waals surface area contributed by atoms with Gasteiger partial charge in [-0.15, -0.1) is 0 Å². The molecule has 0 aromatic heterocycles. The van der Waals surface area contributed by atoms with E-state index < -0.39 is 0 Å². The van der Waals surface area contributed by atoms with Crippen molar-refractivity contribution < 1.29 is 0 Å². The van der Waals surface area contributed by atoms with Gasteiger partial charge in [0.15, 0.2) is 0 Å². The summed E-state index contributed by atoms with van der Waals surface area (Å²) >= 11 is 0. The lowest BCUT2D eigenvalue weighted by atomic mass is 14.0. The molecule has 0 aliphatic rings. The summed E-state index contributed by atoms with van der Waals surface area (Å²) in [6.45, 7) is 0. The second kappa shape index (κ2) is 3940. The second-order valence-electron chi connectivity index (χ2n) is 0. The molecule has 5 nitrogen and oxygen atoms in total. The van der Waals surface area contributed by atoms with Gasteiger partial charge in [-0.2, -0.15) is 13.5 Å². The van der Waals surface area contributed by atoms with Crippen molar-refractivity contribution in [2.75, 3.05) is 0 Å². The minimum Gasteiger partial charge on any atom is -0.344 e. The maximum atomic E-state index is 0. The van der Waals surface area contributed by atoms with Crippen LogP contribution in [0, 0.1) is 0 Å². The lowest BCUT2D eigenvalue weighted by Gasteiger charge is -0.345. The molecule has 0 aliphatic heterocycles. The Balaban J connectivity index is 0. The summed E-state index contributed by atoms with van der Waals surface area (Å²) in [4.78, 5) is 0. The van der Waals surface area contributed by atoms with E-state index >= 15 is 0 Å². The molecule has 0 bridgehead atoms. The molecule has 0 rings (SSSR count). The molecule has 0 heterocycles. The SMILES string of the molecule is N.N.N.N.N.S. The molecule has 0 atom stereocenters. The summed E-state index contributed by atoms with van der Waals surface area (Å²) in [5.41, 5.74) is 0. The summed E-state index contributed by atoms with van der Waals surface area (Å²) in [6.07, 6.45) is 0. The van der Waals surface area contributed by atoms with Crippen LogP contribution in [-0.2, 0) is 0 Å². The molecule has 0 saturated carbocycles. The van der Waals surface area contributed by atoms with Gasteiger partial charge in [-0.1, -0.05) is 0 Å². The molecule has 0 amide bonds. The van der Waals surface area contributed by atoms with Crippen molar-refractivity contribution >= 4 is 13.5 Å². The van der Waals surface area contributed by atoms with Gasteiger partial charge in [-0.05, 0) is 0 Å². The van der Waals surface area contributed by atoms with Crippen molar-refractivity contribution in [3.05, 3.63) is 0 Å². The Morgan fingerprint density at radius 2 is 0.333 bits per heavy atom. The summed E-state index contributed by atoms with van der Waals surface area (Å²) in [5.74, 6) is 0. The third kappa shape index (κ3) is 1830. The first-order valence-electron chi connectivity index (χ1n) is 0. The van der Waals surface area contributed by atoms with Crippen molar-refractivity contribution in [3.63, 3.8) is 0 Å². The zero-order chi connectivity index (χ0) is 0. The average molecular weight is 119 g/mol. The Labute approximate surface area is 45.2 Å². The van der Waals surface area contributed by atoms with Gasteiger partial charge in [0.1, 0.15) is 0 Å². The van der Waals surface area contributed by atoms with E-state index in [0.717, 1.165) is 0 Å². The monoisotopic (exact) mass is 119 g/mol. The van der Waals surface area contributed by atoms with Crippen LogP contribution in [0.3, 0.4) is 0 Å². The maximum absolute atomic E-state index is 0. The van der Waals surface area contributed by atoms with Crippen molar-refractivity contribution in [3.8, 4) is 0 Å². The van der Waals surface area contributed by atoms with Crippen LogP contribution in [0.2, 0.25) is 0 Å². The van der Waals surface area contributed by atoms with E-state index in [9.17, 15) is 0 Å². The lowest BCUT2D eigenvalue weighted by molar-refractivity contribution is 2.13. The standard InChI is InChI=1S/5H3N.H2S/h5*1H3;1H2. The normalized spacial score (nSPS) is 0. The first-order chi connectivity index (χ1) is 0. The zero-order valence-electron chi connectivity index (χ0n) is 4.04. The fourth-order valence-corrected chi connectivity index (χ4v) is 0. The lowest BCUT2D eigenvalue weighted by Crippen LogP contribution is -0.482. The first-order valence-corrected chi connectivity index (χ1v) is 0. The summed E-state index contributed by atoms with van der Waals surface area (Å²) in [5, 5.41) is 0. The smallest absolute Gasteiger partial charge is 0.197 e. The quantitative estimate of drug-likeness (QED) is 0.318. The fraction of sp³-hybridized carbons (Fsp3) is 0. The first kappa shape index (κ1) is 7250. The molecule has 0 saturated heterocycles. The minimum atomic E-state index is 0. The van der Waals surface area contributed by atoms with Gasteiger partial charge in [0.2, 0.25) is 0 Å². The minimum absolute atomic E-state index is 0. The molecular weight excluding hydrogens is 102 g/mol. The topological polar surface area (TPSA) is 175 Å². The molecule has 0 radical (unpaired) electrons. The van der Waals surface area contributed by atoms with Crippen LogP contribution >= 0.6 is 13.5 Å². The van der Waals surface area contributed by atoms with Crippen LogP contribution in [0.1, 0.15) is 0 Å². The predicted molar refractivity (Wildman–Crippen MR) is 35.5 cm³/mol. The van der Waals surface area contributed by atoms with E-state index in [1.54, 1.807) is 0 Å². The summed E-state index contributed by atoms with van der Waals surface area (Å²) in [6, 6.07) is 0. The van der Waals surface area contributed by atoms with E-state index in [1.807, 2.05) is 0 Å². The molecule has 0 unspecified atom stereocenters. The van der Waals surface area contributed by atoms with Gasteiger partial charge < -0.3 is 30.8 Å².